The van der Waals surface area contributed by atoms with E-state index >= 15 is 0 Å². The number of fused-ring (bicyclic) bond motifs is 1. The summed E-state index contributed by atoms with van der Waals surface area (Å²) in [6.45, 7) is 2.58. The molecule has 96 valence electrons. The SMILES string of the molecule is O=C(Nc1ccccc1F)N1CC[C@H]2CNC[C@H]21. The molecular weight excluding hydrogens is 233 g/mol. The number of benzene rings is 1. The molecule has 2 fully saturated rings. The van der Waals surface area contributed by atoms with Gasteiger partial charge in [-0.05, 0) is 24.5 Å². The monoisotopic (exact) mass is 249 g/mol. The van der Waals surface area contributed by atoms with Crippen LogP contribution in [0.25, 0.3) is 0 Å². The summed E-state index contributed by atoms with van der Waals surface area (Å²) in [6, 6.07) is 6.31. The first kappa shape index (κ1) is 11.5. The van der Waals surface area contributed by atoms with Gasteiger partial charge in [0.2, 0.25) is 0 Å². The third-order valence-electron chi connectivity index (χ3n) is 3.82. The number of hydrogen-bond donors (Lipinski definition) is 2. The molecule has 0 aliphatic carbocycles. The summed E-state index contributed by atoms with van der Waals surface area (Å²) in [5, 5.41) is 5.94. The van der Waals surface area contributed by atoms with Crippen LogP contribution in [0.5, 0.6) is 0 Å². The van der Waals surface area contributed by atoms with Crippen molar-refractivity contribution >= 4 is 11.7 Å². The van der Waals surface area contributed by atoms with E-state index in [9.17, 15) is 9.18 Å². The highest BCUT2D eigenvalue weighted by Gasteiger charge is 2.39. The van der Waals surface area contributed by atoms with Gasteiger partial charge >= 0.3 is 6.03 Å². The molecule has 0 aromatic heterocycles. The number of anilines is 1. The number of nitrogens with one attached hydrogen (secondary N) is 2. The first-order valence-electron chi connectivity index (χ1n) is 6.28. The van der Waals surface area contributed by atoms with Gasteiger partial charge in [0, 0.05) is 25.7 Å². The zero-order valence-electron chi connectivity index (χ0n) is 10.0. The molecule has 4 nitrogen and oxygen atoms in total. The fourth-order valence-corrected chi connectivity index (χ4v) is 2.85. The Morgan fingerprint density at radius 2 is 2.22 bits per heavy atom. The molecule has 18 heavy (non-hydrogen) atoms. The number of rotatable bonds is 1. The van der Waals surface area contributed by atoms with Crippen LogP contribution in [0.15, 0.2) is 24.3 Å². The van der Waals surface area contributed by atoms with Gasteiger partial charge in [0.05, 0.1) is 5.69 Å². The predicted molar refractivity (Wildman–Crippen MR) is 66.9 cm³/mol. The summed E-state index contributed by atoms with van der Waals surface area (Å²) < 4.78 is 13.5. The zero-order chi connectivity index (χ0) is 12.5. The van der Waals surface area contributed by atoms with Crippen molar-refractivity contribution in [1.29, 1.82) is 0 Å². The Kier molecular flexibility index (Phi) is 2.91. The van der Waals surface area contributed by atoms with Crippen LogP contribution < -0.4 is 10.6 Å². The maximum Gasteiger partial charge on any atom is 0.322 e. The average Bonchev–Trinajstić information content (AvgIpc) is 2.93. The largest absolute Gasteiger partial charge is 0.322 e. The van der Waals surface area contributed by atoms with E-state index in [0.29, 0.717) is 5.92 Å². The maximum atomic E-state index is 13.5. The summed E-state index contributed by atoms with van der Waals surface area (Å²) in [6.07, 6.45) is 1.03. The van der Waals surface area contributed by atoms with E-state index in [1.54, 1.807) is 18.2 Å². The second kappa shape index (κ2) is 4.57. The van der Waals surface area contributed by atoms with Crippen LogP contribution in [0.4, 0.5) is 14.9 Å². The van der Waals surface area contributed by atoms with Gasteiger partial charge in [-0.3, -0.25) is 0 Å². The number of urea groups is 1. The lowest BCUT2D eigenvalue weighted by Gasteiger charge is -2.23. The highest BCUT2D eigenvalue weighted by atomic mass is 19.1. The molecule has 3 rings (SSSR count). The summed E-state index contributed by atoms with van der Waals surface area (Å²) in [7, 11) is 0. The van der Waals surface area contributed by atoms with Gasteiger partial charge in [0.15, 0.2) is 0 Å². The number of para-hydroxylation sites is 1. The number of amides is 2. The zero-order valence-corrected chi connectivity index (χ0v) is 10.0. The third kappa shape index (κ3) is 1.95. The molecule has 0 spiro atoms. The van der Waals surface area contributed by atoms with E-state index in [2.05, 4.69) is 10.6 Å². The minimum atomic E-state index is -0.397. The van der Waals surface area contributed by atoms with E-state index in [0.717, 1.165) is 26.1 Å². The van der Waals surface area contributed by atoms with Crippen LogP contribution >= 0.6 is 0 Å². The van der Waals surface area contributed by atoms with Gasteiger partial charge in [-0.15, -0.1) is 0 Å². The van der Waals surface area contributed by atoms with E-state index < -0.39 is 5.82 Å². The average molecular weight is 249 g/mol. The lowest BCUT2D eigenvalue weighted by molar-refractivity contribution is 0.206. The molecule has 2 amide bonds. The molecule has 2 aliphatic heterocycles. The molecule has 2 heterocycles. The number of nitrogens with zero attached hydrogens (tertiary/aromatic N) is 1. The minimum Gasteiger partial charge on any atom is -0.320 e. The van der Waals surface area contributed by atoms with Crippen molar-refractivity contribution in [3.63, 3.8) is 0 Å². The highest BCUT2D eigenvalue weighted by molar-refractivity contribution is 5.89. The van der Waals surface area contributed by atoms with Crippen molar-refractivity contribution < 1.29 is 9.18 Å². The Bertz CT molecular complexity index is 465. The molecule has 0 saturated carbocycles. The molecule has 2 N–H and O–H groups in total. The van der Waals surface area contributed by atoms with E-state index in [1.807, 2.05) is 4.90 Å². The van der Waals surface area contributed by atoms with Crippen LogP contribution in [0.2, 0.25) is 0 Å². The van der Waals surface area contributed by atoms with Gasteiger partial charge < -0.3 is 15.5 Å². The molecule has 2 saturated heterocycles. The quantitative estimate of drug-likeness (QED) is 0.795. The molecule has 2 atom stereocenters. The number of likely N-dealkylation sites (tertiary alicyclic amines) is 1. The summed E-state index contributed by atoms with van der Waals surface area (Å²) in [5.74, 6) is 0.155. The second-order valence-electron chi connectivity index (χ2n) is 4.88. The van der Waals surface area contributed by atoms with E-state index in [1.165, 1.54) is 6.07 Å². The fraction of sp³-hybridized carbons (Fsp3) is 0.462. The van der Waals surface area contributed by atoms with Crippen LogP contribution in [-0.4, -0.2) is 36.6 Å². The predicted octanol–water partition coefficient (Wildman–Crippen LogP) is 1.65. The van der Waals surface area contributed by atoms with Crippen LogP contribution in [0.3, 0.4) is 0 Å². The number of hydrogen-bond acceptors (Lipinski definition) is 2. The topological polar surface area (TPSA) is 44.4 Å². The van der Waals surface area contributed by atoms with Gasteiger partial charge in [0.1, 0.15) is 5.82 Å². The summed E-state index contributed by atoms with van der Waals surface area (Å²) >= 11 is 0. The first-order valence-corrected chi connectivity index (χ1v) is 6.28. The van der Waals surface area contributed by atoms with Crippen molar-refractivity contribution in [2.45, 2.75) is 12.5 Å². The van der Waals surface area contributed by atoms with Crippen molar-refractivity contribution in [1.82, 2.24) is 10.2 Å². The Morgan fingerprint density at radius 1 is 1.39 bits per heavy atom. The molecule has 0 bridgehead atoms. The van der Waals surface area contributed by atoms with Crippen molar-refractivity contribution in [3.05, 3.63) is 30.1 Å². The Hall–Kier alpha value is -1.62. The standard InChI is InChI=1S/C13H16FN3O/c14-10-3-1-2-4-11(10)16-13(18)17-6-5-9-7-15-8-12(9)17/h1-4,9,12,15H,5-8H2,(H,16,18)/t9-,12+/m0/s1. The lowest BCUT2D eigenvalue weighted by Crippen LogP contribution is -2.41. The normalized spacial score (nSPS) is 26.2. The Morgan fingerprint density at radius 3 is 3.06 bits per heavy atom. The van der Waals surface area contributed by atoms with E-state index in [4.69, 9.17) is 0 Å². The van der Waals surface area contributed by atoms with Gasteiger partial charge in [0.25, 0.3) is 0 Å². The highest BCUT2D eigenvalue weighted by Crippen LogP contribution is 2.27. The molecule has 1 aromatic carbocycles. The smallest absolute Gasteiger partial charge is 0.320 e. The van der Waals surface area contributed by atoms with Gasteiger partial charge in [-0.2, -0.15) is 0 Å². The Balaban J connectivity index is 1.70. The van der Waals surface area contributed by atoms with Crippen molar-refractivity contribution in [3.8, 4) is 0 Å². The molecule has 0 radical (unpaired) electrons. The minimum absolute atomic E-state index is 0.198. The number of carbonyl (C=O) groups is 1. The number of halogens is 1. The summed E-state index contributed by atoms with van der Waals surface area (Å²) in [4.78, 5) is 13.9. The molecule has 0 unspecified atom stereocenters. The van der Waals surface area contributed by atoms with Crippen LogP contribution in [-0.2, 0) is 0 Å². The van der Waals surface area contributed by atoms with E-state index in [-0.39, 0.29) is 17.8 Å². The first-order chi connectivity index (χ1) is 8.75. The fourth-order valence-electron chi connectivity index (χ4n) is 2.85. The lowest BCUT2D eigenvalue weighted by atomic mass is 10.1. The summed E-state index contributed by atoms with van der Waals surface area (Å²) in [5.41, 5.74) is 0.247. The van der Waals surface area contributed by atoms with Crippen molar-refractivity contribution in [2.75, 3.05) is 25.0 Å². The Labute approximate surface area is 105 Å². The molecular formula is C13H16FN3O. The molecule has 2 aliphatic rings. The third-order valence-corrected chi connectivity index (χ3v) is 3.82. The van der Waals surface area contributed by atoms with Crippen LogP contribution in [0.1, 0.15) is 6.42 Å². The van der Waals surface area contributed by atoms with Crippen LogP contribution in [0, 0.1) is 11.7 Å². The number of carbonyl (C=O) groups excluding carboxylic acids is 1. The second-order valence-corrected chi connectivity index (χ2v) is 4.88. The maximum absolute atomic E-state index is 13.5. The van der Waals surface area contributed by atoms with Crippen molar-refractivity contribution in [2.24, 2.45) is 5.92 Å². The molecule has 5 heteroatoms. The molecule has 1 aromatic rings. The van der Waals surface area contributed by atoms with Gasteiger partial charge in [-0.25, -0.2) is 9.18 Å². The van der Waals surface area contributed by atoms with Gasteiger partial charge in [-0.1, -0.05) is 12.1 Å².